The molecule has 0 aliphatic carbocycles. The first kappa shape index (κ1) is 18.4. The quantitative estimate of drug-likeness (QED) is 0.712. The van der Waals surface area contributed by atoms with Gasteiger partial charge in [-0.05, 0) is 55.8 Å². The zero-order valence-electron chi connectivity index (χ0n) is 15.6. The minimum atomic E-state index is -0.288. The van der Waals surface area contributed by atoms with Gasteiger partial charge in [-0.2, -0.15) is 0 Å². The van der Waals surface area contributed by atoms with Crippen molar-refractivity contribution < 1.29 is 9.53 Å². The fourth-order valence-corrected chi connectivity index (χ4v) is 2.76. The number of aryl methyl sites for hydroxylation is 1. The Morgan fingerprint density at radius 2 is 1.89 bits per heavy atom. The molecule has 0 aliphatic heterocycles. The van der Waals surface area contributed by atoms with Gasteiger partial charge in [0.25, 0.3) is 5.91 Å². The van der Waals surface area contributed by atoms with Crippen molar-refractivity contribution in [1.82, 2.24) is 9.97 Å². The van der Waals surface area contributed by atoms with Gasteiger partial charge in [-0.25, -0.2) is 9.97 Å². The average Bonchev–Trinajstić information content (AvgIpc) is 2.69. The van der Waals surface area contributed by atoms with Crippen LogP contribution in [-0.4, -0.2) is 29.5 Å². The van der Waals surface area contributed by atoms with E-state index in [-0.39, 0.29) is 5.91 Å². The lowest BCUT2D eigenvalue weighted by molar-refractivity contribution is 0.102. The molecule has 1 amide bonds. The van der Waals surface area contributed by atoms with Crippen molar-refractivity contribution in [2.45, 2.75) is 13.8 Å². The van der Waals surface area contributed by atoms with E-state index in [1.807, 2.05) is 36.9 Å². The van der Waals surface area contributed by atoms with E-state index >= 15 is 0 Å². The van der Waals surface area contributed by atoms with Crippen LogP contribution in [0, 0.1) is 6.92 Å². The van der Waals surface area contributed by atoms with E-state index in [0.29, 0.717) is 17.2 Å². The molecule has 3 aromatic rings. The summed E-state index contributed by atoms with van der Waals surface area (Å²) >= 11 is 0. The van der Waals surface area contributed by atoms with E-state index in [9.17, 15) is 4.79 Å². The minimum absolute atomic E-state index is 0.288. The van der Waals surface area contributed by atoms with Crippen LogP contribution in [-0.2, 0) is 0 Å². The number of anilines is 3. The summed E-state index contributed by atoms with van der Waals surface area (Å²) in [6.45, 7) is 4.81. The number of ether oxygens (including phenoxy) is 1. The molecule has 0 fully saturated rings. The van der Waals surface area contributed by atoms with E-state index in [1.165, 1.54) is 6.33 Å². The fraction of sp³-hybridized carbons (Fsp3) is 0.190. The lowest BCUT2D eigenvalue weighted by Gasteiger charge is -2.22. The number of hydrogen-bond acceptors (Lipinski definition) is 5. The maximum Gasteiger partial charge on any atom is 0.274 e. The van der Waals surface area contributed by atoms with Crippen molar-refractivity contribution in [1.29, 1.82) is 0 Å². The molecule has 0 aliphatic rings. The van der Waals surface area contributed by atoms with Crippen molar-refractivity contribution in [3.8, 4) is 5.75 Å². The fourth-order valence-electron chi connectivity index (χ4n) is 2.76. The van der Waals surface area contributed by atoms with Crippen LogP contribution in [0.15, 0.2) is 60.9 Å². The number of nitrogens with zero attached hydrogens (tertiary/aromatic N) is 3. The third-order valence-corrected chi connectivity index (χ3v) is 4.14. The molecule has 1 heterocycles. The zero-order chi connectivity index (χ0) is 19.2. The summed E-state index contributed by atoms with van der Waals surface area (Å²) in [6, 6.07) is 17.0. The highest BCUT2D eigenvalue weighted by molar-refractivity contribution is 6.03. The smallest absolute Gasteiger partial charge is 0.274 e. The number of benzene rings is 2. The summed E-state index contributed by atoms with van der Waals surface area (Å²) < 4.78 is 5.12. The molecule has 1 N–H and O–H groups in total. The van der Waals surface area contributed by atoms with Gasteiger partial charge in [0, 0.05) is 24.0 Å². The lowest BCUT2D eigenvalue weighted by atomic mass is 10.2. The summed E-state index contributed by atoms with van der Waals surface area (Å²) in [5.41, 5.74) is 3.17. The van der Waals surface area contributed by atoms with Crippen LogP contribution < -0.4 is 15.0 Å². The molecule has 138 valence electrons. The molecule has 3 rings (SSSR count). The first-order valence-corrected chi connectivity index (χ1v) is 8.72. The Morgan fingerprint density at radius 1 is 1.11 bits per heavy atom. The molecule has 1 aromatic heterocycles. The number of aromatic nitrogens is 2. The third-order valence-electron chi connectivity index (χ3n) is 4.14. The third kappa shape index (κ3) is 4.41. The average molecular weight is 362 g/mol. The van der Waals surface area contributed by atoms with Crippen molar-refractivity contribution in [2.75, 3.05) is 23.9 Å². The first-order valence-electron chi connectivity index (χ1n) is 8.72. The number of amides is 1. The number of methoxy groups -OCH3 is 1. The normalized spacial score (nSPS) is 10.3. The van der Waals surface area contributed by atoms with Gasteiger partial charge in [0.2, 0.25) is 0 Å². The predicted octanol–water partition coefficient (Wildman–Crippen LogP) is 4.20. The molecule has 6 heteroatoms. The van der Waals surface area contributed by atoms with E-state index in [0.717, 1.165) is 23.5 Å². The Hall–Kier alpha value is -3.41. The Balaban J connectivity index is 1.82. The molecule has 0 unspecified atom stereocenters. The number of nitrogens with one attached hydrogen (secondary N) is 1. The molecular weight excluding hydrogens is 340 g/mol. The highest BCUT2D eigenvalue weighted by atomic mass is 16.5. The van der Waals surface area contributed by atoms with Gasteiger partial charge in [-0.1, -0.05) is 12.1 Å². The Labute approximate surface area is 158 Å². The monoisotopic (exact) mass is 362 g/mol. The number of carbonyl (C=O) groups excluding carboxylic acids is 1. The van der Waals surface area contributed by atoms with Crippen LogP contribution in [0.5, 0.6) is 5.75 Å². The number of hydrogen-bond donors (Lipinski definition) is 1. The van der Waals surface area contributed by atoms with Crippen LogP contribution >= 0.6 is 0 Å². The molecule has 0 spiro atoms. The summed E-state index contributed by atoms with van der Waals surface area (Å²) in [6.07, 6.45) is 1.41. The van der Waals surface area contributed by atoms with Gasteiger partial charge < -0.3 is 15.0 Å². The van der Waals surface area contributed by atoms with Crippen LogP contribution in [0.25, 0.3) is 0 Å². The summed E-state index contributed by atoms with van der Waals surface area (Å²) in [4.78, 5) is 23.1. The molecule has 6 nitrogen and oxygen atoms in total. The Morgan fingerprint density at radius 3 is 2.56 bits per heavy atom. The van der Waals surface area contributed by atoms with Gasteiger partial charge in [0.05, 0.1) is 7.11 Å². The van der Waals surface area contributed by atoms with Crippen LogP contribution in [0.4, 0.5) is 17.2 Å². The standard InChI is InChI=1S/C21H22N4O2/c1-4-25(17-7-5-6-15(2)12-17)20-13-19(22-14-23-20)21(26)24-16-8-10-18(27-3)11-9-16/h5-14H,4H2,1-3H3,(H,24,26). The molecule has 0 saturated carbocycles. The second-order valence-electron chi connectivity index (χ2n) is 6.03. The van der Waals surface area contributed by atoms with Crippen molar-refractivity contribution in [2.24, 2.45) is 0 Å². The zero-order valence-corrected chi connectivity index (χ0v) is 15.6. The van der Waals surface area contributed by atoms with Crippen molar-refractivity contribution >= 4 is 23.1 Å². The Kier molecular flexibility index (Phi) is 5.66. The molecule has 27 heavy (non-hydrogen) atoms. The number of carbonyl (C=O) groups is 1. The van der Waals surface area contributed by atoms with Crippen molar-refractivity contribution in [3.63, 3.8) is 0 Å². The highest BCUT2D eigenvalue weighted by Gasteiger charge is 2.14. The van der Waals surface area contributed by atoms with E-state index in [1.54, 1.807) is 37.4 Å². The molecule has 2 aromatic carbocycles. The lowest BCUT2D eigenvalue weighted by Crippen LogP contribution is -2.20. The van der Waals surface area contributed by atoms with Gasteiger partial charge >= 0.3 is 0 Å². The topological polar surface area (TPSA) is 67.4 Å². The van der Waals surface area contributed by atoms with Crippen LogP contribution in [0.2, 0.25) is 0 Å². The van der Waals surface area contributed by atoms with Crippen LogP contribution in [0.1, 0.15) is 23.0 Å². The number of rotatable bonds is 6. The first-order chi connectivity index (χ1) is 13.1. The summed E-state index contributed by atoms with van der Waals surface area (Å²) in [5, 5.41) is 2.84. The van der Waals surface area contributed by atoms with E-state index in [4.69, 9.17) is 4.74 Å². The second-order valence-corrected chi connectivity index (χ2v) is 6.03. The molecule has 0 saturated heterocycles. The Bertz CT molecular complexity index is 925. The highest BCUT2D eigenvalue weighted by Crippen LogP contribution is 2.24. The molecular formula is C21H22N4O2. The van der Waals surface area contributed by atoms with E-state index < -0.39 is 0 Å². The van der Waals surface area contributed by atoms with Gasteiger partial charge in [-0.3, -0.25) is 4.79 Å². The van der Waals surface area contributed by atoms with Crippen molar-refractivity contribution in [3.05, 3.63) is 72.2 Å². The predicted molar refractivity (Wildman–Crippen MR) is 107 cm³/mol. The summed E-state index contributed by atoms with van der Waals surface area (Å²) in [5.74, 6) is 1.12. The van der Waals surface area contributed by atoms with Crippen LogP contribution in [0.3, 0.4) is 0 Å². The molecule has 0 atom stereocenters. The summed E-state index contributed by atoms with van der Waals surface area (Å²) in [7, 11) is 1.60. The maximum atomic E-state index is 12.6. The molecule has 0 bridgehead atoms. The van der Waals surface area contributed by atoms with Gasteiger partial charge in [-0.15, -0.1) is 0 Å². The van der Waals surface area contributed by atoms with E-state index in [2.05, 4.69) is 21.4 Å². The SMILES string of the molecule is CCN(c1cccc(C)c1)c1cc(C(=O)Nc2ccc(OC)cc2)ncn1. The second kappa shape index (κ2) is 8.31. The minimum Gasteiger partial charge on any atom is -0.497 e. The van der Waals surface area contributed by atoms with Gasteiger partial charge in [0.1, 0.15) is 23.6 Å². The molecule has 0 radical (unpaired) electrons. The maximum absolute atomic E-state index is 12.6. The largest absolute Gasteiger partial charge is 0.497 e. The van der Waals surface area contributed by atoms with Gasteiger partial charge in [0.15, 0.2) is 0 Å².